The summed E-state index contributed by atoms with van der Waals surface area (Å²) in [5.41, 5.74) is 6.23. The zero-order chi connectivity index (χ0) is 12.2. The molecule has 1 fully saturated rings. The van der Waals surface area contributed by atoms with Crippen LogP contribution in [0.5, 0.6) is 0 Å². The third-order valence-electron chi connectivity index (χ3n) is 3.73. The van der Waals surface area contributed by atoms with E-state index in [0.29, 0.717) is 12.6 Å². The monoisotopic (exact) mass is 246 g/mol. The van der Waals surface area contributed by atoms with E-state index in [-0.39, 0.29) is 11.5 Å². The van der Waals surface area contributed by atoms with Crippen molar-refractivity contribution in [3.05, 3.63) is 0 Å². The average Bonchev–Trinajstić information content (AvgIpc) is 2.55. The van der Waals surface area contributed by atoms with E-state index in [1.165, 1.54) is 12.2 Å². The quantitative estimate of drug-likeness (QED) is 0.769. The lowest BCUT2D eigenvalue weighted by Crippen LogP contribution is -2.48. The topological polar surface area (TPSA) is 38.5 Å². The summed E-state index contributed by atoms with van der Waals surface area (Å²) in [6, 6.07) is 0.805. The molecule has 3 unspecified atom stereocenters. The molecule has 2 N–H and O–H groups in total. The van der Waals surface area contributed by atoms with Gasteiger partial charge in [0.15, 0.2) is 0 Å². The molecule has 0 aromatic heterocycles. The summed E-state index contributed by atoms with van der Waals surface area (Å²) in [5, 5.41) is 0. The fourth-order valence-electron chi connectivity index (χ4n) is 2.12. The lowest BCUT2D eigenvalue weighted by molar-refractivity contribution is 0.114. The largest absolute Gasteiger partial charge is 0.379 e. The summed E-state index contributed by atoms with van der Waals surface area (Å²) in [6.07, 6.45) is 3.40. The Morgan fingerprint density at radius 1 is 1.62 bits per heavy atom. The Hall–Kier alpha value is 0.230. The van der Waals surface area contributed by atoms with Crippen molar-refractivity contribution >= 4 is 11.8 Å². The van der Waals surface area contributed by atoms with Crippen LogP contribution in [0.25, 0.3) is 0 Å². The van der Waals surface area contributed by atoms with Crippen molar-refractivity contribution in [2.75, 3.05) is 38.8 Å². The first-order chi connectivity index (χ1) is 7.49. The fraction of sp³-hybridized carbons (Fsp3) is 1.00. The summed E-state index contributed by atoms with van der Waals surface area (Å²) >= 11 is 1.91. The molecule has 0 radical (unpaired) electrons. The summed E-state index contributed by atoms with van der Waals surface area (Å²) in [7, 11) is 2.20. The van der Waals surface area contributed by atoms with E-state index >= 15 is 0 Å². The van der Waals surface area contributed by atoms with Crippen molar-refractivity contribution in [3.63, 3.8) is 0 Å². The molecule has 96 valence electrons. The van der Waals surface area contributed by atoms with Gasteiger partial charge >= 0.3 is 0 Å². The number of ether oxygens (including phenoxy) is 1. The molecule has 16 heavy (non-hydrogen) atoms. The molecular weight excluding hydrogens is 220 g/mol. The highest BCUT2D eigenvalue weighted by Crippen LogP contribution is 2.28. The predicted octanol–water partition coefficient (Wildman–Crippen LogP) is 1.42. The number of thioether (sulfide) groups is 1. The lowest BCUT2D eigenvalue weighted by Gasteiger charge is -2.35. The van der Waals surface area contributed by atoms with Gasteiger partial charge in [0.25, 0.3) is 0 Å². The van der Waals surface area contributed by atoms with E-state index in [1.807, 2.05) is 11.8 Å². The molecule has 3 nitrogen and oxygen atoms in total. The lowest BCUT2D eigenvalue weighted by atomic mass is 9.85. The Kier molecular flexibility index (Phi) is 5.57. The molecule has 0 saturated carbocycles. The van der Waals surface area contributed by atoms with Gasteiger partial charge in [-0.25, -0.2) is 0 Å². The highest BCUT2D eigenvalue weighted by molar-refractivity contribution is 7.98. The number of hydrogen-bond acceptors (Lipinski definition) is 4. The SMILES string of the molecule is CSCCC(C)N(C)CC1(C)COCC1N. The maximum atomic E-state index is 6.11. The van der Waals surface area contributed by atoms with Gasteiger partial charge in [0.1, 0.15) is 0 Å². The Morgan fingerprint density at radius 2 is 2.31 bits per heavy atom. The number of nitrogens with two attached hydrogens (primary N) is 1. The van der Waals surface area contributed by atoms with Crippen molar-refractivity contribution in [2.45, 2.75) is 32.4 Å². The maximum absolute atomic E-state index is 6.11. The zero-order valence-electron chi connectivity index (χ0n) is 11.0. The smallest absolute Gasteiger partial charge is 0.0624 e. The second-order valence-corrected chi connectivity index (χ2v) is 6.31. The van der Waals surface area contributed by atoms with Crippen LogP contribution in [-0.2, 0) is 4.74 Å². The Balaban J connectivity index is 2.40. The molecule has 1 aliphatic rings. The molecule has 0 aliphatic carbocycles. The molecule has 1 aliphatic heterocycles. The van der Waals surface area contributed by atoms with E-state index in [4.69, 9.17) is 10.5 Å². The van der Waals surface area contributed by atoms with E-state index in [0.717, 1.165) is 13.2 Å². The van der Waals surface area contributed by atoms with E-state index in [2.05, 4.69) is 32.1 Å². The van der Waals surface area contributed by atoms with E-state index in [9.17, 15) is 0 Å². The van der Waals surface area contributed by atoms with Crippen LogP contribution in [0.4, 0.5) is 0 Å². The fourth-order valence-corrected chi connectivity index (χ4v) is 2.70. The van der Waals surface area contributed by atoms with Gasteiger partial charge < -0.3 is 15.4 Å². The Morgan fingerprint density at radius 3 is 2.81 bits per heavy atom. The molecule has 3 atom stereocenters. The molecule has 0 aromatic carbocycles. The zero-order valence-corrected chi connectivity index (χ0v) is 11.8. The van der Waals surface area contributed by atoms with Crippen LogP contribution >= 0.6 is 11.8 Å². The molecular formula is C12H26N2OS. The van der Waals surface area contributed by atoms with E-state index < -0.39 is 0 Å². The van der Waals surface area contributed by atoms with Crippen LogP contribution in [0.15, 0.2) is 0 Å². The summed E-state index contributed by atoms with van der Waals surface area (Å²) in [5.74, 6) is 1.23. The number of hydrogen-bond donors (Lipinski definition) is 1. The first-order valence-electron chi connectivity index (χ1n) is 6.02. The molecule has 0 spiro atoms. The summed E-state index contributed by atoms with van der Waals surface area (Å²) < 4.78 is 5.48. The van der Waals surface area contributed by atoms with Crippen LogP contribution in [0.1, 0.15) is 20.3 Å². The molecule has 0 amide bonds. The third-order valence-corrected chi connectivity index (χ3v) is 4.37. The Bertz CT molecular complexity index is 215. The van der Waals surface area contributed by atoms with Crippen molar-refractivity contribution in [2.24, 2.45) is 11.1 Å². The van der Waals surface area contributed by atoms with Gasteiger partial charge in [-0.2, -0.15) is 11.8 Å². The standard InChI is InChI=1S/C12H26N2OS/c1-10(5-6-16-4)14(3)8-12(2)9-15-7-11(12)13/h10-11H,5-9,13H2,1-4H3. The van der Waals surface area contributed by atoms with Crippen molar-refractivity contribution in [3.8, 4) is 0 Å². The minimum atomic E-state index is 0.127. The highest BCUT2D eigenvalue weighted by Gasteiger charge is 2.38. The van der Waals surface area contributed by atoms with Crippen LogP contribution in [0.2, 0.25) is 0 Å². The van der Waals surface area contributed by atoms with Gasteiger partial charge in [0, 0.05) is 24.0 Å². The minimum absolute atomic E-state index is 0.127. The highest BCUT2D eigenvalue weighted by atomic mass is 32.2. The number of nitrogens with zero attached hydrogens (tertiary/aromatic N) is 1. The normalized spacial score (nSPS) is 32.2. The van der Waals surface area contributed by atoms with Crippen molar-refractivity contribution < 1.29 is 4.74 Å². The van der Waals surface area contributed by atoms with E-state index in [1.54, 1.807) is 0 Å². The first kappa shape index (κ1) is 14.3. The first-order valence-corrected chi connectivity index (χ1v) is 7.41. The van der Waals surface area contributed by atoms with Crippen molar-refractivity contribution in [1.82, 2.24) is 4.90 Å². The summed E-state index contributed by atoms with van der Waals surface area (Å²) in [6.45, 7) is 7.07. The second kappa shape index (κ2) is 6.24. The van der Waals surface area contributed by atoms with Gasteiger partial charge in [-0.3, -0.25) is 0 Å². The second-order valence-electron chi connectivity index (χ2n) is 5.32. The van der Waals surface area contributed by atoms with Crippen molar-refractivity contribution in [1.29, 1.82) is 0 Å². The van der Waals surface area contributed by atoms with Crippen LogP contribution in [0, 0.1) is 5.41 Å². The van der Waals surface area contributed by atoms with Gasteiger partial charge in [-0.05, 0) is 32.4 Å². The summed E-state index contributed by atoms with van der Waals surface area (Å²) in [4.78, 5) is 2.42. The molecule has 1 heterocycles. The van der Waals surface area contributed by atoms with Gasteiger partial charge in [-0.15, -0.1) is 0 Å². The molecule has 1 rings (SSSR count). The van der Waals surface area contributed by atoms with Crippen LogP contribution < -0.4 is 5.73 Å². The average molecular weight is 246 g/mol. The van der Waals surface area contributed by atoms with Gasteiger partial charge in [-0.1, -0.05) is 6.92 Å². The maximum Gasteiger partial charge on any atom is 0.0624 e. The predicted molar refractivity (Wildman–Crippen MR) is 72.0 cm³/mol. The van der Waals surface area contributed by atoms with Gasteiger partial charge in [0.05, 0.1) is 13.2 Å². The number of rotatable bonds is 6. The molecule has 4 heteroatoms. The minimum Gasteiger partial charge on any atom is -0.379 e. The molecule has 0 aromatic rings. The third kappa shape index (κ3) is 3.62. The van der Waals surface area contributed by atoms with Crippen LogP contribution in [-0.4, -0.2) is 55.8 Å². The molecule has 1 saturated heterocycles. The van der Waals surface area contributed by atoms with Crippen LogP contribution in [0.3, 0.4) is 0 Å². The molecule has 0 bridgehead atoms. The Labute approximate surface area is 104 Å². The van der Waals surface area contributed by atoms with Gasteiger partial charge in [0.2, 0.25) is 0 Å².